The van der Waals surface area contributed by atoms with Crippen molar-refractivity contribution >= 4 is 30.5 Å². The largest absolute Gasteiger partial charge is 0.461 e. The first kappa shape index (κ1) is 33.3. The van der Waals surface area contributed by atoms with E-state index in [1.54, 1.807) is 0 Å². The number of carbonyl (C=O) groups is 3. The van der Waals surface area contributed by atoms with Crippen LogP contribution in [0.4, 0.5) is 0 Å². The average Bonchev–Trinajstić information content (AvgIpc) is 3.39. The van der Waals surface area contributed by atoms with Crippen molar-refractivity contribution in [2.75, 3.05) is 12.3 Å². The molecule has 0 unspecified atom stereocenters. The molecule has 5 rings (SSSR count). The van der Waals surface area contributed by atoms with E-state index in [-0.39, 0.29) is 36.2 Å². The van der Waals surface area contributed by atoms with Crippen LogP contribution in [0, 0.1) is 46.3 Å². The van der Waals surface area contributed by atoms with Crippen molar-refractivity contribution in [1.82, 2.24) is 5.32 Å². The fourth-order valence-electron chi connectivity index (χ4n) is 10.3. The van der Waals surface area contributed by atoms with Gasteiger partial charge < -0.3 is 20.5 Å². The maximum absolute atomic E-state index is 12.6. The third-order valence-electron chi connectivity index (χ3n) is 12.7. The number of hydrogen-bond acceptors (Lipinski definition) is 7. The number of hydrogen-bond donors (Lipinski definition) is 3. The summed E-state index contributed by atoms with van der Waals surface area (Å²) in [6, 6.07) is 9.19. The van der Waals surface area contributed by atoms with Crippen LogP contribution in [-0.4, -0.2) is 42.3 Å². The zero-order chi connectivity index (χ0) is 31.5. The lowest BCUT2D eigenvalue weighted by Crippen LogP contribution is -2.54. The molecule has 0 radical (unpaired) electrons. The van der Waals surface area contributed by atoms with Crippen molar-refractivity contribution in [3.05, 3.63) is 35.9 Å². The highest BCUT2D eigenvalue weighted by Gasteiger charge is 2.60. The number of esters is 2. The second-order valence-electron chi connectivity index (χ2n) is 14.9. The van der Waals surface area contributed by atoms with E-state index in [0.717, 1.165) is 49.0 Å². The molecular formula is C36H54N2O5S. The van der Waals surface area contributed by atoms with E-state index in [4.69, 9.17) is 15.2 Å². The van der Waals surface area contributed by atoms with Crippen LogP contribution in [0.5, 0.6) is 0 Å². The second-order valence-corrected chi connectivity index (χ2v) is 15.3. The summed E-state index contributed by atoms with van der Waals surface area (Å²) in [5.41, 5.74) is 7.37. The number of ether oxygens (including phenoxy) is 2. The Labute approximate surface area is 269 Å². The van der Waals surface area contributed by atoms with E-state index < -0.39 is 6.04 Å². The molecule has 4 fully saturated rings. The number of benzene rings is 1. The topological polar surface area (TPSA) is 108 Å². The van der Waals surface area contributed by atoms with Gasteiger partial charge in [0.1, 0.15) is 19.3 Å². The Bertz CT molecular complexity index is 1160. The Morgan fingerprint density at radius 2 is 1.70 bits per heavy atom. The SMILES string of the molecule is C[C@@H](CCC(=O)OCc1ccccc1)[C@H]1CC[C@H]2[C@@H]3CC[C@@H]4C[C@H](OC(=O)CNC(=O)[C@@H](N)CS)CC[C@]4(C)[C@H]3CC[C@]12C. The minimum absolute atomic E-state index is 0.0717. The van der Waals surface area contributed by atoms with Crippen LogP contribution < -0.4 is 11.1 Å². The van der Waals surface area contributed by atoms with E-state index >= 15 is 0 Å². The number of amides is 1. The van der Waals surface area contributed by atoms with Gasteiger partial charge in [0.05, 0.1) is 6.04 Å². The van der Waals surface area contributed by atoms with Crippen LogP contribution in [0.2, 0.25) is 0 Å². The van der Waals surface area contributed by atoms with E-state index in [1.165, 1.54) is 38.5 Å². The van der Waals surface area contributed by atoms with Crippen LogP contribution in [0.3, 0.4) is 0 Å². The predicted molar refractivity (Wildman–Crippen MR) is 175 cm³/mol. The fourth-order valence-corrected chi connectivity index (χ4v) is 10.4. The maximum atomic E-state index is 12.6. The van der Waals surface area contributed by atoms with Gasteiger partial charge >= 0.3 is 11.9 Å². The summed E-state index contributed by atoms with van der Waals surface area (Å²) in [6.07, 6.45) is 11.9. The molecule has 0 saturated heterocycles. The number of rotatable bonds is 11. The normalized spacial score (nSPS) is 35.8. The minimum atomic E-state index is -0.721. The molecule has 44 heavy (non-hydrogen) atoms. The number of nitrogens with two attached hydrogens (primary N) is 1. The first-order valence-corrected chi connectivity index (χ1v) is 17.7. The molecule has 4 aliphatic carbocycles. The molecule has 3 N–H and O–H groups in total. The number of carbonyl (C=O) groups excluding carboxylic acids is 3. The van der Waals surface area contributed by atoms with Crippen molar-refractivity contribution in [2.45, 2.75) is 110 Å². The summed E-state index contributed by atoms with van der Waals surface area (Å²) in [6.45, 7) is 7.69. The minimum Gasteiger partial charge on any atom is -0.461 e. The molecule has 0 spiro atoms. The van der Waals surface area contributed by atoms with Crippen molar-refractivity contribution in [2.24, 2.45) is 52.1 Å². The van der Waals surface area contributed by atoms with E-state index in [0.29, 0.717) is 41.6 Å². The Kier molecular flexibility index (Phi) is 10.7. The highest BCUT2D eigenvalue weighted by Crippen LogP contribution is 2.68. The molecule has 10 atom stereocenters. The molecule has 0 bridgehead atoms. The van der Waals surface area contributed by atoms with Crippen LogP contribution in [-0.2, 0) is 30.5 Å². The first-order chi connectivity index (χ1) is 21.0. The molecule has 7 nitrogen and oxygen atoms in total. The summed E-state index contributed by atoms with van der Waals surface area (Å²) >= 11 is 4.04. The van der Waals surface area contributed by atoms with Gasteiger partial charge in [-0.05, 0) is 116 Å². The summed E-state index contributed by atoms with van der Waals surface area (Å²) in [5, 5.41) is 2.57. The Balaban J connectivity index is 1.12. The monoisotopic (exact) mass is 626 g/mol. The summed E-state index contributed by atoms with van der Waals surface area (Å²) < 4.78 is 11.4. The standard InChI is InChI=1S/C36H54N2O5S/c1-23(9-14-32(39)42-21-24-7-5-4-6-8-24)28-12-13-29-27-11-10-25-19-26(43-33(40)20-38-34(41)31(37)22-44)15-17-35(25,2)30(27)16-18-36(28,29)3/h4-8,23,25-31,44H,9-22,37H2,1-3H3,(H,38,41)/t23-,25+,26+,27-,28+,29-,30-,31-,35-,36+/m0/s1. The van der Waals surface area contributed by atoms with Crippen LogP contribution in [0.1, 0.15) is 97.0 Å². The van der Waals surface area contributed by atoms with Crippen LogP contribution in [0.15, 0.2) is 30.3 Å². The van der Waals surface area contributed by atoms with Gasteiger partial charge in [-0.1, -0.05) is 51.1 Å². The third-order valence-corrected chi connectivity index (χ3v) is 13.1. The maximum Gasteiger partial charge on any atom is 0.325 e. The molecule has 1 aromatic rings. The molecule has 244 valence electrons. The number of thiol groups is 1. The highest BCUT2D eigenvalue weighted by atomic mass is 32.1. The van der Waals surface area contributed by atoms with Crippen molar-refractivity contribution in [3.63, 3.8) is 0 Å². The first-order valence-electron chi connectivity index (χ1n) is 17.1. The van der Waals surface area contributed by atoms with Gasteiger partial charge in [-0.25, -0.2) is 0 Å². The van der Waals surface area contributed by atoms with Crippen molar-refractivity contribution in [1.29, 1.82) is 0 Å². The fraction of sp³-hybridized carbons (Fsp3) is 0.750. The lowest BCUT2D eigenvalue weighted by Gasteiger charge is -2.61. The van der Waals surface area contributed by atoms with Gasteiger partial charge in [0, 0.05) is 12.2 Å². The highest BCUT2D eigenvalue weighted by molar-refractivity contribution is 7.80. The van der Waals surface area contributed by atoms with E-state index in [9.17, 15) is 14.4 Å². The number of nitrogens with one attached hydrogen (secondary N) is 1. The molecule has 0 aromatic heterocycles. The Morgan fingerprint density at radius 3 is 2.45 bits per heavy atom. The van der Waals surface area contributed by atoms with Crippen molar-refractivity contribution in [3.8, 4) is 0 Å². The molecule has 4 saturated carbocycles. The van der Waals surface area contributed by atoms with Crippen LogP contribution >= 0.6 is 12.6 Å². The van der Waals surface area contributed by atoms with Gasteiger partial charge in [-0.2, -0.15) is 12.6 Å². The molecule has 4 aliphatic rings. The van der Waals surface area contributed by atoms with Gasteiger partial charge in [0.2, 0.25) is 5.91 Å². The number of fused-ring (bicyclic) bond motifs is 5. The molecule has 1 amide bonds. The molecule has 1 aromatic carbocycles. The van der Waals surface area contributed by atoms with Crippen molar-refractivity contribution < 1.29 is 23.9 Å². The summed E-state index contributed by atoms with van der Waals surface area (Å²) in [4.78, 5) is 37.0. The van der Waals surface area contributed by atoms with Crippen LogP contribution in [0.25, 0.3) is 0 Å². The van der Waals surface area contributed by atoms with Gasteiger partial charge in [-0.15, -0.1) is 0 Å². The van der Waals surface area contributed by atoms with Gasteiger partial charge in [0.15, 0.2) is 0 Å². The molecule has 0 heterocycles. The summed E-state index contributed by atoms with van der Waals surface area (Å²) in [5.74, 6) is 3.42. The molecule has 0 aliphatic heterocycles. The third kappa shape index (κ3) is 7.01. The van der Waals surface area contributed by atoms with Gasteiger partial charge in [-0.3, -0.25) is 14.4 Å². The van der Waals surface area contributed by atoms with E-state index in [1.807, 2.05) is 30.3 Å². The smallest absolute Gasteiger partial charge is 0.325 e. The lowest BCUT2D eigenvalue weighted by atomic mass is 9.44. The zero-order valence-electron chi connectivity index (χ0n) is 27.0. The lowest BCUT2D eigenvalue weighted by molar-refractivity contribution is -0.162. The van der Waals surface area contributed by atoms with E-state index in [2.05, 4.69) is 38.7 Å². The zero-order valence-corrected chi connectivity index (χ0v) is 27.9. The van der Waals surface area contributed by atoms with Gasteiger partial charge in [0.25, 0.3) is 0 Å². The Hall–Kier alpha value is -2.06. The quantitative estimate of drug-likeness (QED) is 0.203. The predicted octanol–water partition coefficient (Wildman–Crippen LogP) is 6.09. The second kappa shape index (κ2) is 14.1. The Morgan fingerprint density at radius 1 is 0.977 bits per heavy atom. The molecule has 8 heteroatoms. The molecular weight excluding hydrogens is 572 g/mol. The average molecular weight is 627 g/mol. The summed E-state index contributed by atoms with van der Waals surface area (Å²) in [7, 11) is 0.